The Hall–Kier alpha value is -0.770. The largest absolute Gasteiger partial charge is 0.346 e. The van der Waals surface area contributed by atoms with Gasteiger partial charge in [0.25, 0.3) is 0 Å². The van der Waals surface area contributed by atoms with E-state index in [1.807, 2.05) is 0 Å². The van der Waals surface area contributed by atoms with Crippen molar-refractivity contribution in [3.8, 4) is 0 Å². The number of likely N-dealkylation sites (tertiary alicyclic amines) is 1. The number of nitrogens with zero attached hydrogens (tertiary/aromatic N) is 2. The average Bonchev–Trinajstić information content (AvgIpc) is 2.65. The van der Waals surface area contributed by atoms with Crippen molar-refractivity contribution >= 4 is 23.4 Å². The molecule has 4 nitrogen and oxygen atoms in total. The quantitative estimate of drug-likeness (QED) is 0.667. The predicted molar refractivity (Wildman–Crippen MR) is 58.7 cm³/mol. The molecule has 1 unspecified atom stereocenters. The summed E-state index contributed by atoms with van der Waals surface area (Å²) < 4.78 is 0. The van der Waals surface area contributed by atoms with Gasteiger partial charge in [0.2, 0.25) is 11.8 Å². The summed E-state index contributed by atoms with van der Waals surface area (Å²) in [4.78, 5) is 25.8. The Morgan fingerprint density at radius 2 is 2.20 bits per heavy atom. The van der Waals surface area contributed by atoms with Crippen LogP contribution in [-0.2, 0) is 9.59 Å². The summed E-state index contributed by atoms with van der Waals surface area (Å²) in [6.07, 6.45) is 0.959. The Morgan fingerprint density at radius 1 is 1.53 bits per heavy atom. The highest BCUT2D eigenvalue weighted by molar-refractivity contribution is 6.27. The van der Waals surface area contributed by atoms with Gasteiger partial charge in [0, 0.05) is 33.6 Å². The molecule has 0 saturated carbocycles. The van der Waals surface area contributed by atoms with Gasteiger partial charge in [-0.1, -0.05) is 0 Å². The number of carbonyl (C=O) groups is 2. The van der Waals surface area contributed by atoms with Crippen molar-refractivity contribution in [1.29, 1.82) is 0 Å². The Bertz CT molecular complexity index is 258. The second kappa shape index (κ2) is 5.35. The van der Waals surface area contributed by atoms with Gasteiger partial charge in [-0.05, 0) is 12.3 Å². The Labute approximate surface area is 95.2 Å². The Morgan fingerprint density at radius 3 is 2.73 bits per heavy atom. The van der Waals surface area contributed by atoms with Crippen molar-refractivity contribution in [2.75, 3.05) is 32.6 Å². The van der Waals surface area contributed by atoms with Crippen LogP contribution in [0.15, 0.2) is 0 Å². The third kappa shape index (κ3) is 3.38. The lowest BCUT2D eigenvalue weighted by molar-refractivity contribution is -0.128. The molecule has 86 valence electrons. The average molecular weight is 233 g/mol. The van der Waals surface area contributed by atoms with Gasteiger partial charge < -0.3 is 9.80 Å². The first kappa shape index (κ1) is 12.3. The first-order valence-electron chi connectivity index (χ1n) is 5.10. The van der Waals surface area contributed by atoms with Crippen molar-refractivity contribution in [1.82, 2.24) is 9.80 Å². The van der Waals surface area contributed by atoms with Gasteiger partial charge in [-0.15, -0.1) is 11.6 Å². The highest BCUT2D eigenvalue weighted by atomic mass is 35.5. The van der Waals surface area contributed by atoms with Crippen LogP contribution in [0.3, 0.4) is 0 Å². The van der Waals surface area contributed by atoms with E-state index in [1.54, 1.807) is 23.8 Å². The molecule has 0 N–H and O–H groups in total. The van der Waals surface area contributed by atoms with Gasteiger partial charge in [-0.25, -0.2) is 0 Å². The van der Waals surface area contributed by atoms with Crippen LogP contribution in [0.1, 0.15) is 13.3 Å². The van der Waals surface area contributed by atoms with Gasteiger partial charge in [-0.3, -0.25) is 9.59 Å². The number of alkyl halides is 1. The monoisotopic (exact) mass is 232 g/mol. The number of amides is 2. The number of rotatable bonds is 3. The van der Waals surface area contributed by atoms with Gasteiger partial charge >= 0.3 is 0 Å². The zero-order valence-electron chi connectivity index (χ0n) is 9.20. The first-order valence-corrected chi connectivity index (χ1v) is 5.63. The van der Waals surface area contributed by atoms with Gasteiger partial charge in [0.15, 0.2) is 0 Å². The standard InChI is InChI=1S/C10H17ClN2O2/c1-8(14)12(2)6-9-3-4-13(7-9)10(15)5-11/h9H,3-7H2,1-2H3. The fourth-order valence-corrected chi connectivity index (χ4v) is 1.98. The van der Waals surface area contributed by atoms with Crippen molar-refractivity contribution < 1.29 is 9.59 Å². The normalized spacial score (nSPS) is 20.5. The second-order valence-electron chi connectivity index (χ2n) is 4.03. The topological polar surface area (TPSA) is 40.6 Å². The summed E-state index contributed by atoms with van der Waals surface area (Å²) in [6.45, 7) is 3.77. The summed E-state index contributed by atoms with van der Waals surface area (Å²) in [5.74, 6) is 0.503. The Kier molecular flexibility index (Phi) is 4.39. The van der Waals surface area contributed by atoms with Crippen LogP contribution in [0.25, 0.3) is 0 Å². The van der Waals surface area contributed by atoms with Crippen LogP contribution in [0.2, 0.25) is 0 Å². The molecule has 1 fully saturated rings. The van der Waals surface area contributed by atoms with Crippen LogP contribution in [0.4, 0.5) is 0 Å². The summed E-state index contributed by atoms with van der Waals surface area (Å²) in [6, 6.07) is 0. The van der Waals surface area contributed by atoms with Crippen LogP contribution in [0, 0.1) is 5.92 Å². The maximum absolute atomic E-state index is 11.3. The van der Waals surface area contributed by atoms with E-state index in [2.05, 4.69) is 0 Å². The smallest absolute Gasteiger partial charge is 0.237 e. The minimum atomic E-state index is -0.00959. The van der Waals surface area contributed by atoms with E-state index >= 15 is 0 Å². The summed E-state index contributed by atoms with van der Waals surface area (Å²) >= 11 is 5.48. The van der Waals surface area contributed by atoms with Crippen LogP contribution >= 0.6 is 11.6 Å². The molecule has 1 heterocycles. The predicted octanol–water partition coefficient (Wildman–Crippen LogP) is 0.552. The lowest BCUT2D eigenvalue weighted by Crippen LogP contribution is -2.33. The first-order chi connectivity index (χ1) is 7.04. The van der Waals surface area contributed by atoms with E-state index in [0.717, 1.165) is 26.1 Å². The van der Waals surface area contributed by atoms with E-state index in [0.29, 0.717) is 5.92 Å². The van der Waals surface area contributed by atoms with Gasteiger partial charge in [0.1, 0.15) is 5.88 Å². The molecule has 2 amide bonds. The summed E-state index contributed by atoms with van der Waals surface area (Å²) in [5, 5.41) is 0. The number of hydrogen-bond acceptors (Lipinski definition) is 2. The third-order valence-electron chi connectivity index (χ3n) is 2.82. The maximum Gasteiger partial charge on any atom is 0.237 e. The molecule has 0 radical (unpaired) electrons. The molecule has 1 aliphatic heterocycles. The summed E-state index contributed by atoms with van der Waals surface area (Å²) in [7, 11) is 1.79. The molecule has 0 aromatic rings. The lowest BCUT2D eigenvalue weighted by Gasteiger charge is -2.20. The number of hydrogen-bond donors (Lipinski definition) is 0. The SMILES string of the molecule is CC(=O)N(C)CC1CCN(C(=O)CCl)C1. The van der Waals surface area contributed by atoms with E-state index in [-0.39, 0.29) is 17.7 Å². The molecule has 1 saturated heterocycles. The molecule has 0 aliphatic carbocycles. The van der Waals surface area contributed by atoms with Crippen LogP contribution < -0.4 is 0 Å². The Balaban J connectivity index is 2.36. The molecule has 1 rings (SSSR count). The van der Waals surface area contributed by atoms with E-state index in [9.17, 15) is 9.59 Å². The van der Waals surface area contributed by atoms with E-state index in [1.165, 1.54) is 0 Å². The van der Waals surface area contributed by atoms with Gasteiger partial charge in [-0.2, -0.15) is 0 Å². The minimum absolute atomic E-state index is 0.00959. The molecular formula is C10H17ClN2O2. The maximum atomic E-state index is 11.3. The zero-order chi connectivity index (χ0) is 11.4. The lowest BCUT2D eigenvalue weighted by atomic mass is 10.1. The number of halogens is 1. The molecule has 0 bridgehead atoms. The third-order valence-corrected chi connectivity index (χ3v) is 3.05. The zero-order valence-corrected chi connectivity index (χ0v) is 9.96. The second-order valence-corrected chi connectivity index (χ2v) is 4.29. The molecule has 15 heavy (non-hydrogen) atoms. The number of carbonyl (C=O) groups excluding carboxylic acids is 2. The molecule has 0 aromatic carbocycles. The minimum Gasteiger partial charge on any atom is -0.346 e. The van der Waals surface area contributed by atoms with E-state index in [4.69, 9.17) is 11.6 Å². The van der Waals surface area contributed by atoms with Crippen molar-refractivity contribution in [2.24, 2.45) is 5.92 Å². The summed E-state index contributed by atoms with van der Waals surface area (Å²) in [5.41, 5.74) is 0. The van der Waals surface area contributed by atoms with Crippen molar-refractivity contribution in [3.63, 3.8) is 0 Å². The molecule has 5 heteroatoms. The molecule has 0 spiro atoms. The van der Waals surface area contributed by atoms with Gasteiger partial charge in [0.05, 0.1) is 0 Å². The van der Waals surface area contributed by atoms with Crippen LogP contribution in [-0.4, -0.2) is 54.2 Å². The van der Waals surface area contributed by atoms with Crippen LogP contribution in [0.5, 0.6) is 0 Å². The highest BCUT2D eigenvalue weighted by Gasteiger charge is 2.26. The fraction of sp³-hybridized carbons (Fsp3) is 0.800. The molecule has 1 aliphatic rings. The van der Waals surface area contributed by atoms with E-state index < -0.39 is 0 Å². The fourth-order valence-electron chi connectivity index (χ4n) is 1.81. The van der Waals surface area contributed by atoms with Crippen molar-refractivity contribution in [2.45, 2.75) is 13.3 Å². The molecule has 1 atom stereocenters. The molecule has 0 aromatic heterocycles. The van der Waals surface area contributed by atoms with Crippen molar-refractivity contribution in [3.05, 3.63) is 0 Å². The highest BCUT2D eigenvalue weighted by Crippen LogP contribution is 2.17. The molecular weight excluding hydrogens is 216 g/mol.